The molecule has 148 valence electrons. The lowest BCUT2D eigenvalue weighted by Crippen LogP contribution is -2.46. The van der Waals surface area contributed by atoms with Gasteiger partial charge in [0.2, 0.25) is 0 Å². The fourth-order valence-electron chi connectivity index (χ4n) is 3.10. The lowest BCUT2D eigenvalue weighted by Gasteiger charge is -2.35. The van der Waals surface area contributed by atoms with Gasteiger partial charge in [0.1, 0.15) is 5.82 Å². The van der Waals surface area contributed by atoms with Crippen LogP contribution in [0.5, 0.6) is 0 Å². The highest BCUT2D eigenvalue weighted by atomic mass is 19.1. The summed E-state index contributed by atoms with van der Waals surface area (Å²) in [7, 11) is 0. The third-order valence-electron chi connectivity index (χ3n) is 4.73. The molecule has 1 heterocycles. The number of carbonyl (C=O) groups is 2. The first-order valence-electron chi connectivity index (χ1n) is 9.35. The van der Waals surface area contributed by atoms with Crippen molar-refractivity contribution in [3.63, 3.8) is 0 Å². The van der Waals surface area contributed by atoms with Crippen molar-refractivity contribution in [3.05, 3.63) is 59.9 Å². The van der Waals surface area contributed by atoms with Gasteiger partial charge in [-0.2, -0.15) is 0 Å². The molecule has 6 nitrogen and oxygen atoms in total. The molecule has 3 rings (SSSR count). The maximum Gasteiger partial charge on any atom is 0.338 e. The smallest absolute Gasteiger partial charge is 0.338 e. The Morgan fingerprint density at radius 3 is 2.43 bits per heavy atom. The third-order valence-corrected chi connectivity index (χ3v) is 4.73. The predicted molar refractivity (Wildman–Crippen MR) is 106 cm³/mol. The summed E-state index contributed by atoms with van der Waals surface area (Å²) in [6.07, 6.45) is 0. The fraction of sp³-hybridized carbons (Fsp3) is 0.333. The summed E-state index contributed by atoms with van der Waals surface area (Å²) in [5, 5.41) is 2.69. The summed E-state index contributed by atoms with van der Waals surface area (Å²) in [5.74, 6) is -1.72. The summed E-state index contributed by atoms with van der Waals surface area (Å²) in [6.45, 7) is 6.86. The van der Waals surface area contributed by atoms with Crippen molar-refractivity contribution in [3.8, 4) is 0 Å². The van der Waals surface area contributed by atoms with Crippen molar-refractivity contribution in [2.45, 2.75) is 6.92 Å². The SMILES string of the molecule is CCN1CCN(c2ccc(NC(=O)COC(=O)c3cccc(F)c3)cc2)CC1. The second kappa shape index (κ2) is 9.32. The number of hydrogen-bond acceptors (Lipinski definition) is 5. The lowest BCUT2D eigenvalue weighted by atomic mass is 10.2. The average Bonchev–Trinajstić information content (AvgIpc) is 2.72. The van der Waals surface area contributed by atoms with E-state index in [1.54, 1.807) is 0 Å². The first-order valence-corrected chi connectivity index (χ1v) is 9.35. The van der Waals surface area contributed by atoms with Gasteiger partial charge in [-0.15, -0.1) is 0 Å². The number of hydrogen-bond donors (Lipinski definition) is 1. The van der Waals surface area contributed by atoms with Crippen molar-refractivity contribution >= 4 is 23.3 Å². The van der Waals surface area contributed by atoms with E-state index in [4.69, 9.17) is 4.74 Å². The molecule has 1 fully saturated rings. The highest BCUT2D eigenvalue weighted by Crippen LogP contribution is 2.19. The van der Waals surface area contributed by atoms with Crippen molar-refractivity contribution in [1.82, 2.24) is 4.90 Å². The van der Waals surface area contributed by atoms with Gasteiger partial charge >= 0.3 is 5.97 Å². The number of amides is 1. The molecule has 0 aromatic heterocycles. The number of nitrogens with zero attached hydrogens (tertiary/aromatic N) is 2. The molecular formula is C21H24FN3O3. The van der Waals surface area contributed by atoms with Crippen LogP contribution in [0.1, 0.15) is 17.3 Å². The first-order chi connectivity index (χ1) is 13.5. The second-order valence-corrected chi connectivity index (χ2v) is 6.60. The minimum Gasteiger partial charge on any atom is -0.452 e. The number of ether oxygens (including phenoxy) is 1. The van der Waals surface area contributed by atoms with Gasteiger partial charge in [-0.1, -0.05) is 13.0 Å². The molecule has 0 saturated carbocycles. The zero-order chi connectivity index (χ0) is 19.9. The normalized spacial score (nSPS) is 14.6. The maximum absolute atomic E-state index is 13.1. The van der Waals surface area contributed by atoms with Crippen LogP contribution < -0.4 is 10.2 Å². The van der Waals surface area contributed by atoms with Gasteiger partial charge in [0, 0.05) is 37.6 Å². The minimum atomic E-state index is -0.740. The molecule has 0 radical (unpaired) electrons. The summed E-state index contributed by atoms with van der Waals surface area (Å²) in [5.41, 5.74) is 1.81. The van der Waals surface area contributed by atoms with E-state index >= 15 is 0 Å². The molecule has 1 amide bonds. The highest BCUT2D eigenvalue weighted by molar-refractivity contribution is 5.95. The van der Waals surface area contributed by atoms with Crippen LogP contribution in [0.3, 0.4) is 0 Å². The number of rotatable bonds is 6. The fourth-order valence-corrected chi connectivity index (χ4v) is 3.10. The first kappa shape index (κ1) is 19.8. The Hall–Kier alpha value is -2.93. The zero-order valence-electron chi connectivity index (χ0n) is 15.9. The Kier molecular flexibility index (Phi) is 6.60. The van der Waals surface area contributed by atoms with E-state index in [9.17, 15) is 14.0 Å². The Balaban J connectivity index is 1.47. The standard InChI is InChI=1S/C21H24FN3O3/c1-2-24-10-12-25(13-11-24)19-8-6-18(7-9-19)23-20(26)15-28-21(27)16-4-3-5-17(22)14-16/h3-9,14H,2,10-13,15H2,1H3,(H,23,26). The molecule has 7 heteroatoms. The van der Waals surface area contributed by atoms with Gasteiger partial charge in [-0.25, -0.2) is 9.18 Å². The number of piperazine rings is 1. The summed E-state index contributed by atoms with van der Waals surface area (Å²) in [4.78, 5) is 28.6. The molecule has 2 aromatic carbocycles. The molecule has 28 heavy (non-hydrogen) atoms. The molecule has 0 atom stereocenters. The highest BCUT2D eigenvalue weighted by Gasteiger charge is 2.16. The molecular weight excluding hydrogens is 361 g/mol. The molecule has 2 aromatic rings. The van der Waals surface area contributed by atoms with Crippen molar-refractivity contribution in [2.75, 3.05) is 49.5 Å². The second-order valence-electron chi connectivity index (χ2n) is 6.60. The van der Waals surface area contributed by atoms with E-state index in [0.29, 0.717) is 5.69 Å². The lowest BCUT2D eigenvalue weighted by molar-refractivity contribution is -0.119. The Morgan fingerprint density at radius 2 is 1.79 bits per heavy atom. The van der Waals surface area contributed by atoms with E-state index < -0.39 is 24.3 Å². The van der Waals surface area contributed by atoms with E-state index in [1.807, 2.05) is 24.3 Å². The third kappa shape index (κ3) is 5.29. The number of nitrogens with one attached hydrogen (secondary N) is 1. The van der Waals surface area contributed by atoms with Crippen LogP contribution >= 0.6 is 0 Å². The summed E-state index contributed by atoms with van der Waals surface area (Å²) in [6, 6.07) is 12.7. The number of halogens is 1. The summed E-state index contributed by atoms with van der Waals surface area (Å²) < 4.78 is 18.1. The van der Waals surface area contributed by atoms with Crippen LogP contribution in [-0.4, -0.2) is 56.1 Å². The van der Waals surface area contributed by atoms with E-state index in [0.717, 1.165) is 44.5 Å². The average molecular weight is 385 g/mol. The van der Waals surface area contributed by atoms with Crippen molar-refractivity contribution < 1.29 is 18.7 Å². The van der Waals surface area contributed by atoms with E-state index in [1.165, 1.54) is 18.2 Å². The molecule has 1 aliphatic rings. The van der Waals surface area contributed by atoms with Crippen LogP contribution in [0, 0.1) is 5.82 Å². The summed E-state index contributed by atoms with van der Waals surface area (Å²) >= 11 is 0. The zero-order valence-corrected chi connectivity index (χ0v) is 15.9. The van der Waals surface area contributed by atoms with Crippen LogP contribution in [0.2, 0.25) is 0 Å². The Bertz CT molecular complexity index is 818. The van der Waals surface area contributed by atoms with Gasteiger partial charge in [-0.3, -0.25) is 4.79 Å². The molecule has 0 unspecified atom stereocenters. The minimum absolute atomic E-state index is 0.0697. The number of carbonyl (C=O) groups excluding carboxylic acids is 2. The van der Waals surface area contributed by atoms with Crippen LogP contribution in [0.25, 0.3) is 0 Å². The molecule has 0 aliphatic carbocycles. The molecule has 0 spiro atoms. The number of likely N-dealkylation sites (N-methyl/N-ethyl adjacent to an activating group) is 1. The van der Waals surface area contributed by atoms with Crippen molar-refractivity contribution in [2.24, 2.45) is 0 Å². The van der Waals surface area contributed by atoms with Crippen LogP contribution in [0.15, 0.2) is 48.5 Å². The predicted octanol–water partition coefficient (Wildman–Crippen LogP) is 2.76. The van der Waals surface area contributed by atoms with Gasteiger partial charge < -0.3 is 19.9 Å². The van der Waals surface area contributed by atoms with Gasteiger partial charge in [0.15, 0.2) is 6.61 Å². The van der Waals surface area contributed by atoms with Crippen molar-refractivity contribution in [1.29, 1.82) is 0 Å². The van der Waals surface area contributed by atoms with Crippen LogP contribution in [0.4, 0.5) is 15.8 Å². The number of esters is 1. The quantitative estimate of drug-likeness (QED) is 0.775. The van der Waals surface area contributed by atoms with Gasteiger partial charge in [0.05, 0.1) is 5.56 Å². The largest absolute Gasteiger partial charge is 0.452 e. The molecule has 1 N–H and O–H groups in total. The topological polar surface area (TPSA) is 61.9 Å². The Morgan fingerprint density at radius 1 is 1.07 bits per heavy atom. The number of anilines is 2. The molecule has 1 aliphatic heterocycles. The molecule has 0 bridgehead atoms. The van der Waals surface area contributed by atoms with Gasteiger partial charge in [-0.05, 0) is 49.0 Å². The van der Waals surface area contributed by atoms with E-state index in [2.05, 4.69) is 22.0 Å². The Labute approximate surface area is 163 Å². The monoisotopic (exact) mass is 385 g/mol. The number of benzene rings is 2. The maximum atomic E-state index is 13.1. The van der Waals surface area contributed by atoms with Gasteiger partial charge in [0.25, 0.3) is 5.91 Å². The van der Waals surface area contributed by atoms with Crippen LogP contribution in [-0.2, 0) is 9.53 Å². The van der Waals surface area contributed by atoms with E-state index in [-0.39, 0.29) is 5.56 Å². The molecule has 1 saturated heterocycles.